The normalized spacial score (nSPS) is 13.9. The van der Waals surface area contributed by atoms with Crippen molar-refractivity contribution in [2.24, 2.45) is 7.05 Å². The zero-order valence-corrected chi connectivity index (χ0v) is 15.8. The Bertz CT molecular complexity index is 1320. The van der Waals surface area contributed by atoms with Gasteiger partial charge in [0.15, 0.2) is 0 Å². The molecule has 1 amide bonds. The third-order valence-electron chi connectivity index (χ3n) is 5.66. The van der Waals surface area contributed by atoms with Crippen molar-refractivity contribution in [3.05, 3.63) is 81.4 Å². The van der Waals surface area contributed by atoms with Crippen LogP contribution >= 0.6 is 0 Å². The summed E-state index contributed by atoms with van der Waals surface area (Å²) in [5.74, 6) is -0.0693. The Hall–Kier alpha value is -3.41. The van der Waals surface area contributed by atoms with Crippen molar-refractivity contribution in [1.29, 1.82) is 0 Å². The van der Waals surface area contributed by atoms with Crippen LogP contribution in [0.15, 0.2) is 53.5 Å². The summed E-state index contributed by atoms with van der Waals surface area (Å²) in [5.41, 5.74) is 4.90. The van der Waals surface area contributed by atoms with Crippen LogP contribution in [0, 0.1) is 6.92 Å². The van der Waals surface area contributed by atoms with Crippen molar-refractivity contribution < 1.29 is 4.79 Å². The molecule has 0 unspecified atom stereocenters. The minimum atomic E-state index is -0.151. The summed E-state index contributed by atoms with van der Waals surface area (Å²) in [6.45, 7) is 3.18. The van der Waals surface area contributed by atoms with Gasteiger partial charge in [0.2, 0.25) is 0 Å². The molecular weight excluding hydrogens is 352 g/mol. The van der Waals surface area contributed by atoms with Gasteiger partial charge in [-0.3, -0.25) is 14.0 Å². The maximum Gasteiger partial charge on any atom is 0.270 e. The summed E-state index contributed by atoms with van der Waals surface area (Å²) in [5, 5.41) is 0.464. The molecule has 3 aromatic heterocycles. The molecule has 0 atom stereocenters. The van der Waals surface area contributed by atoms with E-state index < -0.39 is 0 Å². The maximum atomic E-state index is 13.2. The third kappa shape index (κ3) is 2.37. The van der Waals surface area contributed by atoms with Crippen LogP contribution in [-0.2, 0) is 20.0 Å². The number of carbonyl (C=O) groups is 1. The summed E-state index contributed by atoms with van der Waals surface area (Å²) in [4.78, 5) is 32.7. The van der Waals surface area contributed by atoms with Gasteiger partial charge >= 0.3 is 0 Å². The van der Waals surface area contributed by atoms with Gasteiger partial charge in [0.1, 0.15) is 17.0 Å². The zero-order chi connectivity index (χ0) is 19.4. The lowest BCUT2D eigenvalue weighted by atomic mass is 10.00. The molecule has 6 heteroatoms. The average molecular weight is 372 g/mol. The molecule has 4 aromatic rings. The second-order valence-corrected chi connectivity index (χ2v) is 7.37. The van der Waals surface area contributed by atoms with E-state index in [-0.39, 0.29) is 11.5 Å². The summed E-state index contributed by atoms with van der Waals surface area (Å²) >= 11 is 0. The molecule has 1 aliphatic heterocycles. The van der Waals surface area contributed by atoms with E-state index in [0.29, 0.717) is 35.5 Å². The third-order valence-corrected chi connectivity index (χ3v) is 5.66. The van der Waals surface area contributed by atoms with E-state index in [1.807, 2.05) is 36.1 Å². The molecular formula is C22H20N4O2. The van der Waals surface area contributed by atoms with Gasteiger partial charge in [-0.25, -0.2) is 4.98 Å². The SMILES string of the molecule is Cc1cccn2c(=O)c3cc(C(=O)N4CCc5ccccc5C4)n(C)c3nc12. The van der Waals surface area contributed by atoms with E-state index in [9.17, 15) is 9.59 Å². The van der Waals surface area contributed by atoms with Crippen LogP contribution in [0.4, 0.5) is 0 Å². The number of hydrogen-bond donors (Lipinski definition) is 0. The van der Waals surface area contributed by atoms with Crippen LogP contribution in [0.3, 0.4) is 0 Å². The first-order valence-corrected chi connectivity index (χ1v) is 9.38. The van der Waals surface area contributed by atoms with Crippen molar-refractivity contribution in [1.82, 2.24) is 18.9 Å². The van der Waals surface area contributed by atoms with Crippen molar-refractivity contribution in [3.63, 3.8) is 0 Å². The van der Waals surface area contributed by atoms with Gasteiger partial charge in [-0.15, -0.1) is 0 Å². The number of rotatable bonds is 1. The molecule has 0 fully saturated rings. The van der Waals surface area contributed by atoms with Gasteiger partial charge < -0.3 is 9.47 Å². The van der Waals surface area contributed by atoms with Gasteiger partial charge in [-0.05, 0) is 42.2 Å². The Balaban J connectivity index is 1.62. The number of aromatic nitrogens is 3. The molecule has 0 radical (unpaired) electrons. The molecule has 6 nitrogen and oxygen atoms in total. The van der Waals surface area contributed by atoms with Crippen molar-refractivity contribution in [2.45, 2.75) is 19.9 Å². The number of hydrogen-bond acceptors (Lipinski definition) is 3. The van der Waals surface area contributed by atoms with Crippen LogP contribution in [0.5, 0.6) is 0 Å². The van der Waals surface area contributed by atoms with E-state index in [0.717, 1.165) is 12.0 Å². The van der Waals surface area contributed by atoms with Crippen molar-refractivity contribution in [2.75, 3.05) is 6.54 Å². The molecule has 1 aromatic carbocycles. The number of pyridine rings is 1. The highest BCUT2D eigenvalue weighted by molar-refractivity contribution is 5.98. The highest BCUT2D eigenvalue weighted by atomic mass is 16.2. The Kier molecular flexibility index (Phi) is 3.62. The Labute approximate surface area is 161 Å². The van der Waals surface area contributed by atoms with Gasteiger partial charge in [-0.2, -0.15) is 0 Å². The van der Waals surface area contributed by atoms with Gasteiger partial charge in [0, 0.05) is 26.3 Å². The molecule has 4 heterocycles. The topological polar surface area (TPSA) is 59.6 Å². The first kappa shape index (κ1) is 16.7. The monoisotopic (exact) mass is 372 g/mol. The fourth-order valence-corrected chi connectivity index (χ4v) is 4.07. The molecule has 0 aliphatic carbocycles. The van der Waals surface area contributed by atoms with Crippen LogP contribution in [0.1, 0.15) is 27.2 Å². The second kappa shape index (κ2) is 6.05. The minimum Gasteiger partial charge on any atom is -0.333 e. The number of benzene rings is 1. The van der Waals surface area contributed by atoms with Crippen LogP contribution in [0.2, 0.25) is 0 Å². The Morgan fingerprint density at radius 1 is 1.07 bits per heavy atom. The van der Waals surface area contributed by atoms with E-state index in [2.05, 4.69) is 17.1 Å². The van der Waals surface area contributed by atoms with Gasteiger partial charge in [0.25, 0.3) is 11.5 Å². The molecule has 0 spiro atoms. The van der Waals surface area contributed by atoms with Crippen LogP contribution in [-0.4, -0.2) is 31.3 Å². The van der Waals surface area contributed by atoms with E-state index in [1.165, 1.54) is 11.1 Å². The first-order chi connectivity index (χ1) is 13.5. The molecule has 0 bridgehead atoms. The summed E-state index contributed by atoms with van der Waals surface area (Å²) < 4.78 is 3.29. The van der Waals surface area contributed by atoms with Crippen molar-refractivity contribution >= 4 is 22.6 Å². The molecule has 140 valence electrons. The van der Waals surface area contributed by atoms with Gasteiger partial charge in [0.05, 0.1) is 5.39 Å². The Morgan fingerprint density at radius 2 is 1.86 bits per heavy atom. The fraction of sp³-hybridized carbons (Fsp3) is 0.227. The largest absolute Gasteiger partial charge is 0.333 e. The minimum absolute atomic E-state index is 0.0693. The lowest BCUT2D eigenvalue weighted by molar-refractivity contribution is 0.0725. The second-order valence-electron chi connectivity index (χ2n) is 7.37. The summed E-state index contributed by atoms with van der Waals surface area (Å²) in [6, 6.07) is 13.7. The molecule has 28 heavy (non-hydrogen) atoms. The zero-order valence-electron chi connectivity index (χ0n) is 15.8. The first-order valence-electron chi connectivity index (χ1n) is 9.38. The van der Waals surface area contributed by atoms with Crippen LogP contribution < -0.4 is 5.56 Å². The van der Waals surface area contributed by atoms with E-state index in [4.69, 9.17) is 0 Å². The maximum absolute atomic E-state index is 13.2. The van der Waals surface area contributed by atoms with Gasteiger partial charge in [-0.1, -0.05) is 30.3 Å². The smallest absolute Gasteiger partial charge is 0.270 e. The van der Waals surface area contributed by atoms with E-state index >= 15 is 0 Å². The number of carbonyl (C=O) groups excluding carboxylic acids is 1. The standard InChI is InChI=1S/C22H20N4O2/c1-14-6-5-10-26-19(14)23-20-17(21(26)27)12-18(24(20)2)22(28)25-11-9-15-7-3-4-8-16(15)13-25/h3-8,10,12H,9,11,13H2,1-2H3. The van der Waals surface area contributed by atoms with E-state index in [1.54, 1.807) is 28.3 Å². The predicted octanol–water partition coefficient (Wildman–Crippen LogP) is 2.69. The molecule has 0 N–H and O–H groups in total. The lowest BCUT2D eigenvalue weighted by Gasteiger charge is -2.28. The molecule has 5 rings (SSSR count). The number of nitrogens with zero attached hydrogens (tertiary/aromatic N) is 4. The predicted molar refractivity (Wildman–Crippen MR) is 108 cm³/mol. The number of fused-ring (bicyclic) bond motifs is 3. The van der Waals surface area contributed by atoms with Crippen LogP contribution in [0.25, 0.3) is 16.7 Å². The highest BCUT2D eigenvalue weighted by Gasteiger charge is 2.25. The average Bonchev–Trinajstić information content (AvgIpc) is 3.05. The molecule has 1 aliphatic rings. The molecule has 0 saturated carbocycles. The van der Waals surface area contributed by atoms with Crippen molar-refractivity contribution in [3.8, 4) is 0 Å². The fourth-order valence-electron chi connectivity index (χ4n) is 4.07. The summed E-state index contributed by atoms with van der Waals surface area (Å²) in [7, 11) is 1.80. The number of amides is 1. The highest BCUT2D eigenvalue weighted by Crippen LogP contribution is 2.22. The quantitative estimate of drug-likeness (QED) is 0.516. The lowest BCUT2D eigenvalue weighted by Crippen LogP contribution is -2.36. The number of aryl methyl sites for hydroxylation is 2. The summed E-state index contributed by atoms with van der Waals surface area (Å²) in [6.07, 6.45) is 2.56. The Morgan fingerprint density at radius 3 is 2.68 bits per heavy atom. The molecule has 0 saturated heterocycles.